The highest BCUT2D eigenvalue weighted by Gasteiger charge is 2.38. The van der Waals surface area contributed by atoms with E-state index < -0.39 is 39.7 Å². The Hall–Kier alpha value is -6.72. The van der Waals surface area contributed by atoms with Crippen LogP contribution in [0.2, 0.25) is 0 Å². The van der Waals surface area contributed by atoms with E-state index in [-0.39, 0.29) is 73.0 Å². The highest BCUT2D eigenvalue weighted by Crippen LogP contribution is 2.35. The Bertz CT molecular complexity index is 3040. The van der Waals surface area contributed by atoms with Crippen LogP contribution in [0, 0.1) is 20.2 Å². The summed E-state index contributed by atoms with van der Waals surface area (Å²) in [5.74, 6) is 1.02. The van der Waals surface area contributed by atoms with E-state index in [9.17, 15) is 39.4 Å². The van der Waals surface area contributed by atoms with Gasteiger partial charge in [-0.3, -0.25) is 39.0 Å². The lowest BCUT2D eigenvalue weighted by Crippen LogP contribution is -2.28. The normalized spacial score (nSPS) is 18.4. The average Bonchev–Trinajstić information content (AvgIpc) is 4.07. The van der Waals surface area contributed by atoms with Crippen LogP contribution < -0.4 is 22.4 Å². The maximum Gasteiger partial charge on any atom is 0.351 e. The van der Waals surface area contributed by atoms with Gasteiger partial charge in [-0.15, -0.1) is 0 Å². The van der Waals surface area contributed by atoms with Crippen molar-refractivity contribution in [3.8, 4) is 0 Å². The number of ether oxygens (including phenoxy) is 4. The summed E-state index contributed by atoms with van der Waals surface area (Å²) in [6, 6.07) is 27.5. The fourth-order valence-corrected chi connectivity index (χ4v) is 11.9. The second kappa shape index (κ2) is 32.4. The summed E-state index contributed by atoms with van der Waals surface area (Å²) in [6.07, 6.45) is 8.48. The number of aliphatic carboxylic acids is 1. The molecule has 2 aliphatic rings. The van der Waals surface area contributed by atoms with Crippen LogP contribution in [0.15, 0.2) is 141 Å². The Morgan fingerprint density at radius 2 is 1.16 bits per heavy atom. The van der Waals surface area contributed by atoms with Gasteiger partial charge in [-0.1, -0.05) is 71.8 Å². The molecule has 2 aliphatic heterocycles. The van der Waals surface area contributed by atoms with Crippen molar-refractivity contribution < 1.29 is 43.5 Å². The maximum atomic E-state index is 12.7. The number of nitrogen functional groups attached to an aromatic ring is 1. The maximum absolute atomic E-state index is 12.7. The third-order valence-corrected chi connectivity index (χ3v) is 16.5. The number of nitro benzene ring substituents is 2. The summed E-state index contributed by atoms with van der Waals surface area (Å²) >= 11 is 0. The number of anilines is 2. The van der Waals surface area contributed by atoms with Crippen molar-refractivity contribution in [2.45, 2.75) is 125 Å². The molecule has 0 aliphatic carbocycles. The van der Waals surface area contributed by atoms with Crippen molar-refractivity contribution in [1.82, 2.24) is 29.1 Å². The van der Waals surface area contributed by atoms with E-state index in [0.717, 1.165) is 21.6 Å². The van der Waals surface area contributed by atoms with Crippen molar-refractivity contribution in [3.63, 3.8) is 0 Å². The second-order valence-electron chi connectivity index (χ2n) is 17.4. The minimum absolute atomic E-state index is 0.00111. The predicted molar refractivity (Wildman–Crippen MR) is 302 cm³/mol. The van der Waals surface area contributed by atoms with Gasteiger partial charge in [0.25, 0.3) is 11.4 Å². The fraction of sp³-hybridized carbons (Fsp3) is 0.385. The van der Waals surface area contributed by atoms with Crippen LogP contribution in [0.3, 0.4) is 0 Å². The second-order valence-corrected chi connectivity index (χ2v) is 22.2. The number of carboxylic acids is 1. The fourth-order valence-electron chi connectivity index (χ4n) is 7.96. The summed E-state index contributed by atoms with van der Waals surface area (Å²) < 4.78 is 26.6. The number of hydrogen-bond acceptors (Lipinski definition) is 21. The molecule has 8 rings (SSSR count). The number of rotatable bonds is 25. The standard InChI is InChI=1S/C26H29N5O6S2.C17H20N4O5.C9H11NO2S2/c1-2-20-21(36-17-18-8-3-4-9-19(18)31(34)35)16-25(37-20)30-14-12-22(29-26(30)33)28-23(32)10-7-15-38-39-24-11-5-6-13-27-24;1-2-13-14(25-10-11-5-3-4-6-12(11)21(23)24)9-16(26-13)20-8-7-15(18)19-17(20)22;11-9(12)5-3-7-13-14-8-4-1-2-6-10-8/h3-6,8-9,11-14,20-21,25H,2,7,10,15-17H2,1H3,(H,28,29,32,33);3-8,13-14,16H,2,9-10H2,1H3,(H2,18,19,22);1-2,4,6H,3,5,7H2,(H,11,12). The number of nitrogens with one attached hydrogen (secondary N) is 1. The quantitative estimate of drug-likeness (QED) is 0.0208. The molecule has 79 heavy (non-hydrogen) atoms. The van der Waals surface area contributed by atoms with E-state index in [1.807, 2.05) is 50.2 Å². The van der Waals surface area contributed by atoms with E-state index in [1.54, 1.807) is 110 Å². The van der Waals surface area contributed by atoms with E-state index in [4.69, 9.17) is 29.8 Å². The number of nitro groups is 2. The summed E-state index contributed by atoms with van der Waals surface area (Å²) in [7, 11) is 6.42. The monoisotopic (exact) mass is 1160 g/mol. The molecule has 420 valence electrons. The number of aromatic nitrogens is 6. The van der Waals surface area contributed by atoms with Gasteiger partial charge in [-0.25, -0.2) is 19.6 Å². The van der Waals surface area contributed by atoms with Crippen LogP contribution in [-0.2, 0) is 41.8 Å². The van der Waals surface area contributed by atoms with Gasteiger partial charge in [0.15, 0.2) is 0 Å². The van der Waals surface area contributed by atoms with Crippen molar-refractivity contribution >= 4 is 78.1 Å². The first kappa shape index (κ1) is 61.5. The molecule has 4 aromatic heterocycles. The first-order chi connectivity index (χ1) is 38.2. The molecule has 2 fully saturated rings. The summed E-state index contributed by atoms with van der Waals surface area (Å²) in [5, 5.41) is 35.4. The van der Waals surface area contributed by atoms with Crippen molar-refractivity contribution in [1.29, 1.82) is 0 Å². The molecule has 0 radical (unpaired) electrons. The molecule has 2 aromatic carbocycles. The molecule has 2 saturated heterocycles. The number of hydrogen-bond donors (Lipinski definition) is 3. The minimum Gasteiger partial charge on any atom is -0.481 e. The number of nitrogens with two attached hydrogens (primary N) is 1. The molecule has 27 heteroatoms. The Labute approximate surface area is 470 Å². The lowest BCUT2D eigenvalue weighted by Gasteiger charge is -2.17. The molecule has 0 saturated carbocycles. The van der Waals surface area contributed by atoms with Crippen molar-refractivity contribution in [3.05, 3.63) is 174 Å². The highest BCUT2D eigenvalue weighted by molar-refractivity contribution is 8.77. The summed E-state index contributed by atoms with van der Waals surface area (Å²) in [4.78, 5) is 84.9. The zero-order chi connectivity index (χ0) is 56.5. The molecular weight excluding hydrogens is 1100 g/mol. The van der Waals surface area contributed by atoms with Gasteiger partial charge in [0.05, 0.1) is 58.6 Å². The van der Waals surface area contributed by atoms with Crippen LogP contribution in [0.4, 0.5) is 23.0 Å². The smallest absolute Gasteiger partial charge is 0.351 e. The molecule has 0 spiro atoms. The molecule has 1 amide bonds. The highest BCUT2D eigenvalue weighted by atomic mass is 33.1. The largest absolute Gasteiger partial charge is 0.481 e. The number of carbonyl (C=O) groups excluding carboxylic acids is 1. The Balaban J connectivity index is 0.000000215. The topological polar surface area (TPSA) is 311 Å². The minimum atomic E-state index is -0.728. The van der Waals surface area contributed by atoms with Crippen molar-refractivity contribution in [2.24, 2.45) is 0 Å². The van der Waals surface area contributed by atoms with Crippen LogP contribution >= 0.6 is 43.2 Å². The molecule has 6 atom stereocenters. The van der Waals surface area contributed by atoms with E-state index >= 15 is 0 Å². The number of carbonyl (C=O) groups is 2. The zero-order valence-corrected chi connectivity index (χ0v) is 46.4. The lowest BCUT2D eigenvalue weighted by atomic mass is 10.1. The number of benzene rings is 2. The third kappa shape index (κ3) is 19.9. The Morgan fingerprint density at radius 3 is 1.61 bits per heavy atom. The van der Waals surface area contributed by atoms with Gasteiger partial charge in [-0.05, 0) is 95.8 Å². The molecule has 4 N–H and O–H groups in total. The average molecular weight is 1160 g/mol. The SMILES string of the molecule is CCC1OC(n2ccc(N)nc2=O)CC1OCc1ccccc1[N+](=O)[O-].CCC1OC(n2ccc(NC(=O)CCCSSc3ccccn3)nc2=O)CC1OCc1ccccc1[N+](=O)[O-].O=C(O)CCCSSc1ccccn1. The zero-order valence-electron chi connectivity index (χ0n) is 43.1. The third-order valence-electron chi connectivity index (χ3n) is 11.8. The molecule has 6 heterocycles. The van der Waals surface area contributed by atoms with Crippen LogP contribution in [0.25, 0.3) is 0 Å². The van der Waals surface area contributed by atoms with Gasteiger partial charge in [0.2, 0.25) is 5.91 Å². The Kier molecular flexibility index (Phi) is 25.2. The van der Waals surface area contributed by atoms with Crippen LogP contribution in [-0.4, -0.2) is 91.8 Å². The van der Waals surface area contributed by atoms with E-state index in [2.05, 4.69) is 25.3 Å². The van der Waals surface area contributed by atoms with Gasteiger partial charge in [0.1, 0.15) is 34.1 Å². The summed E-state index contributed by atoms with van der Waals surface area (Å²) in [6.45, 7) is 4.07. The Morgan fingerprint density at radius 1 is 0.696 bits per heavy atom. The number of nitrogens with zero attached hydrogens (tertiary/aromatic N) is 8. The van der Waals surface area contributed by atoms with E-state index in [1.165, 1.54) is 27.3 Å². The molecule has 23 nitrogen and oxygen atoms in total. The predicted octanol–water partition coefficient (Wildman–Crippen LogP) is 9.69. The number of carboxylic acid groups (broad SMARTS) is 1. The van der Waals surface area contributed by atoms with Crippen molar-refractivity contribution in [2.75, 3.05) is 22.6 Å². The lowest BCUT2D eigenvalue weighted by molar-refractivity contribution is -0.386. The number of para-hydroxylation sites is 2. The van der Waals surface area contributed by atoms with Gasteiger partial charge < -0.3 is 35.1 Å². The number of amides is 1. The first-order valence-corrected chi connectivity index (χ1v) is 29.7. The van der Waals surface area contributed by atoms with Gasteiger partial charge in [-0.2, -0.15) is 9.97 Å². The van der Waals surface area contributed by atoms with Crippen LogP contribution in [0.5, 0.6) is 0 Å². The molecule has 6 unspecified atom stereocenters. The van der Waals surface area contributed by atoms with Gasteiger partial charge in [0, 0.05) is 74.1 Å². The van der Waals surface area contributed by atoms with E-state index in [0.29, 0.717) is 56.1 Å². The molecule has 6 aromatic rings. The first-order valence-electron chi connectivity index (χ1n) is 25.1. The van der Waals surface area contributed by atoms with Gasteiger partial charge >= 0.3 is 17.3 Å². The molecular formula is C52H60N10O13S4. The number of pyridine rings is 2. The molecule has 0 bridgehead atoms. The summed E-state index contributed by atoms with van der Waals surface area (Å²) in [5.41, 5.74) is 5.49. The van der Waals surface area contributed by atoms with Crippen LogP contribution in [0.1, 0.15) is 88.8 Å².